The van der Waals surface area contributed by atoms with Gasteiger partial charge in [-0.05, 0) is 79.0 Å². The number of nitrogens with zero attached hydrogens (tertiary/aromatic N) is 1. The molecule has 8 heteroatoms. The molecule has 2 heterocycles. The summed E-state index contributed by atoms with van der Waals surface area (Å²) in [6.07, 6.45) is 8.95. The van der Waals surface area contributed by atoms with E-state index in [4.69, 9.17) is 5.41 Å². The maximum absolute atomic E-state index is 13.5. The number of amides is 2. The first-order valence-electron chi connectivity index (χ1n) is 12.6. The number of carbonyl (C=O) groups is 2. The van der Waals surface area contributed by atoms with E-state index in [1.165, 1.54) is 31.9 Å². The van der Waals surface area contributed by atoms with Crippen molar-refractivity contribution in [2.24, 2.45) is 0 Å². The lowest BCUT2D eigenvalue weighted by Crippen LogP contribution is -2.33. The summed E-state index contributed by atoms with van der Waals surface area (Å²) in [4.78, 5) is 42.3. The zero-order valence-electron chi connectivity index (χ0n) is 21.3. The smallest absolute Gasteiger partial charge is 0.253 e. The van der Waals surface area contributed by atoms with Crippen molar-refractivity contribution in [2.45, 2.75) is 65.1 Å². The summed E-state index contributed by atoms with van der Waals surface area (Å²) >= 11 is 0. The van der Waals surface area contributed by atoms with Gasteiger partial charge in [0, 0.05) is 55.2 Å². The van der Waals surface area contributed by atoms with E-state index < -0.39 is 0 Å². The van der Waals surface area contributed by atoms with Gasteiger partial charge in [0.25, 0.3) is 11.5 Å². The molecule has 2 aromatic rings. The molecule has 36 heavy (non-hydrogen) atoms. The lowest BCUT2D eigenvalue weighted by Gasteiger charge is -2.26. The van der Waals surface area contributed by atoms with Gasteiger partial charge < -0.3 is 20.6 Å². The number of H-pyrrole nitrogens is 1. The Labute approximate surface area is 214 Å². The molecule has 1 aliphatic heterocycles. The summed E-state index contributed by atoms with van der Waals surface area (Å²) in [5, 5.41) is 12.1. The monoisotopic (exact) mass is 506 g/mol. The normalized spacial score (nSPS) is 16.4. The van der Waals surface area contributed by atoms with Crippen molar-refractivity contribution in [1.29, 1.82) is 5.41 Å². The lowest BCUT2D eigenvalue weighted by atomic mass is 9.95. The van der Waals surface area contributed by atoms with Gasteiger partial charge in [0.1, 0.15) is 0 Å². The van der Waals surface area contributed by atoms with E-state index in [0.29, 0.717) is 44.0 Å². The van der Waals surface area contributed by atoms with Crippen molar-refractivity contribution < 1.29 is 9.59 Å². The van der Waals surface area contributed by atoms with Gasteiger partial charge in [0.05, 0.1) is 0 Å². The second-order valence-corrected chi connectivity index (χ2v) is 11.5. The summed E-state index contributed by atoms with van der Waals surface area (Å²) in [5.41, 5.74) is 5.80. The van der Waals surface area contributed by atoms with E-state index in [1.807, 2.05) is 30.9 Å². The van der Waals surface area contributed by atoms with E-state index >= 15 is 0 Å². The number of aryl methyl sites for hydroxylation is 2. The van der Waals surface area contributed by atoms with Crippen LogP contribution in [0.25, 0.3) is 5.57 Å². The molecule has 2 aliphatic rings. The standard InChI is InChI=1S/C28H35N4O3P/c1-17-12-18(2)31-28(35)25(17)16-30-27(34)23-13-21(20-8-10-32(11-9-20)19(3)33)14-26(24(23)15-29)36-22-6-4-5-7-22/h8,12-15,22,29,36H,4-7,9-11,16H2,1-3H3,(H,30,34)(H,31,35). The maximum Gasteiger partial charge on any atom is 0.253 e. The molecule has 1 aromatic heterocycles. The van der Waals surface area contributed by atoms with Gasteiger partial charge in [-0.15, -0.1) is 0 Å². The van der Waals surface area contributed by atoms with Gasteiger partial charge >= 0.3 is 0 Å². The third-order valence-corrected chi connectivity index (χ3v) is 8.94. The zero-order valence-corrected chi connectivity index (χ0v) is 22.3. The Morgan fingerprint density at radius 2 is 1.97 bits per heavy atom. The first kappa shape index (κ1) is 26.0. The minimum absolute atomic E-state index is 0.0642. The quantitative estimate of drug-likeness (QED) is 0.393. The summed E-state index contributed by atoms with van der Waals surface area (Å²) in [6, 6.07) is 5.92. The maximum atomic E-state index is 13.5. The van der Waals surface area contributed by atoms with Crippen LogP contribution >= 0.6 is 8.58 Å². The van der Waals surface area contributed by atoms with Crippen LogP contribution in [0.1, 0.15) is 77.3 Å². The fourth-order valence-electron chi connectivity index (χ4n) is 5.17. The topological polar surface area (TPSA) is 106 Å². The number of benzene rings is 1. The van der Waals surface area contributed by atoms with Crippen molar-refractivity contribution in [2.75, 3.05) is 13.1 Å². The Morgan fingerprint density at radius 3 is 2.58 bits per heavy atom. The first-order valence-corrected chi connectivity index (χ1v) is 13.7. The van der Waals surface area contributed by atoms with E-state index in [1.54, 1.807) is 6.92 Å². The number of aromatic nitrogens is 1. The number of carbonyl (C=O) groups excluding carboxylic acids is 2. The molecule has 1 unspecified atom stereocenters. The number of pyridine rings is 1. The number of rotatable bonds is 7. The highest BCUT2D eigenvalue weighted by Crippen LogP contribution is 2.36. The van der Waals surface area contributed by atoms with Gasteiger partial charge in [-0.1, -0.05) is 27.5 Å². The molecule has 3 N–H and O–H groups in total. The van der Waals surface area contributed by atoms with E-state index in [9.17, 15) is 14.4 Å². The van der Waals surface area contributed by atoms with Gasteiger partial charge in [0.2, 0.25) is 5.91 Å². The number of hydrogen-bond donors (Lipinski definition) is 3. The van der Waals surface area contributed by atoms with Crippen molar-refractivity contribution in [1.82, 2.24) is 15.2 Å². The van der Waals surface area contributed by atoms with Crippen LogP contribution < -0.4 is 16.2 Å². The molecule has 0 spiro atoms. The van der Waals surface area contributed by atoms with Crippen LogP contribution in [0.3, 0.4) is 0 Å². The predicted molar refractivity (Wildman–Crippen MR) is 147 cm³/mol. The average Bonchev–Trinajstić information content (AvgIpc) is 3.36. The van der Waals surface area contributed by atoms with Crippen LogP contribution in [0.4, 0.5) is 0 Å². The van der Waals surface area contributed by atoms with Crippen LogP contribution in [0.5, 0.6) is 0 Å². The Kier molecular flexibility index (Phi) is 8.20. The number of aromatic amines is 1. The molecular formula is C28H35N4O3P. The number of nitrogens with one attached hydrogen (secondary N) is 3. The summed E-state index contributed by atoms with van der Waals surface area (Å²) in [6.45, 7) is 6.63. The van der Waals surface area contributed by atoms with Gasteiger partial charge in [0.15, 0.2) is 0 Å². The molecule has 1 saturated carbocycles. The molecule has 4 rings (SSSR count). The Hall–Kier alpha value is -3.05. The Morgan fingerprint density at radius 1 is 1.22 bits per heavy atom. The minimum atomic E-state index is -0.283. The Balaban J connectivity index is 1.67. The molecule has 0 bridgehead atoms. The molecule has 2 amide bonds. The third kappa shape index (κ3) is 5.84. The predicted octanol–water partition coefficient (Wildman–Crippen LogP) is 3.80. The van der Waals surface area contributed by atoms with E-state index in [0.717, 1.165) is 34.1 Å². The molecule has 1 atom stereocenters. The molecular weight excluding hydrogens is 471 g/mol. The molecule has 1 aromatic carbocycles. The minimum Gasteiger partial charge on any atom is -0.348 e. The molecule has 190 valence electrons. The second-order valence-electron chi connectivity index (χ2n) is 9.83. The summed E-state index contributed by atoms with van der Waals surface area (Å²) in [7, 11) is 0.546. The van der Waals surface area contributed by atoms with Crippen LogP contribution in [0, 0.1) is 19.3 Å². The van der Waals surface area contributed by atoms with Crippen LogP contribution in [0.2, 0.25) is 0 Å². The van der Waals surface area contributed by atoms with E-state index in [2.05, 4.69) is 22.4 Å². The average molecular weight is 507 g/mol. The van der Waals surface area contributed by atoms with Gasteiger partial charge in [-0.3, -0.25) is 14.4 Å². The first-order chi connectivity index (χ1) is 17.3. The van der Waals surface area contributed by atoms with Crippen molar-refractivity contribution >= 4 is 37.5 Å². The van der Waals surface area contributed by atoms with Crippen LogP contribution in [-0.2, 0) is 11.3 Å². The highest BCUT2D eigenvalue weighted by Gasteiger charge is 2.23. The molecule has 0 saturated heterocycles. The van der Waals surface area contributed by atoms with Crippen molar-refractivity contribution in [3.8, 4) is 0 Å². The van der Waals surface area contributed by atoms with E-state index in [-0.39, 0.29) is 23.9 Å². The Bertz CT molecular complexity index is 1270. The second kappa shape index (κ2) is 11.3. The fourth-order valence-corrected chi connectivity index (χ4v) is 6.91. The van der Waals surface area contributed by atoms with Crippen molar-refractivity contribution in [3.63, 3.8) is 0 Å². The largest absolute Gasteiger partial charge is 0.348 e. The highest BCUT2D eigenvalue weighted by molar-refractivity contribution is 7.48. The van der Waals surface area contributed by atoms with Gasteiger partial charge in [-0.25, -0.2) is 0 Å². The summed E-state index contributed by atoms with van der Waals surface area (Å²) < 4.78 is 0. The highest BCUT2D eigenvalue weighted by atomic mass is 31.1. The molecule has 1 fully saturated rings. The van der Waals surface area contributed by atoms with Crippen LogP contribution in [-0.4, -0.2) is 46.7 Å². The van der Waals surface area contributed by atoms with Gasteiger partial charge in [-0.2, -0.15) is 0 Å². The summed E-state index contributed by atoms with van der Waals surface area (Å²) in [5.74, 6) is -0.219. The number of hydrogen-bond acceptors (Lipinski definition) is 4. The van der Waals surface area contributed by atoms with Crippen LogP contribution in [0.15, 0.2) is 29.1 Å². The SMILES string of the molecule is CC(=O)N1CC=C(c2cc(PC3CCCC3)c(C=N)c(C(=O)NCc3c(C)cc(C)[nH]c3=O)c2)CC1. The molecule has 0 radical (unpaired) electrons. The lowest BCUT2D eigenvalue weighted by molar-refractivity contribution is -0.128. The molecule has 1 aliphatic carbocycles. The molecule has 7 nitrogen and oxygen atoms in total. The van der Waals surface area contributed by atoms with Crippen molar-refractivity contribution in [3.05, 3.63) is 68.1 Å². The zero-order chi connectivity index (χ0) is 25.8. The fraction of sp³-hybridized carbons (Fsp3) is 0.429. The third-order valence-electron chi connectivity index (χ3n) is 7.23.